The summed E-state index contributed by atoms with van der Waals surface area (Å²) in [6.07, 6.45) is 0.431. The fourth-order valence-corrected chi connectivity index (χ4v) is 2.46. The number of likely N-dealkylation sites (tertiary alicyclic amines) is 1. The van der Waals surface area contributed by atoms with E-state index in [1.54, 1.807) is 25.2 Å². The molecule has 1 aliphatic rings. The number of ether oxygens (including phenoxy) is 2. The molecule has 2 rings (SSSR count). The Morgan fingerprint density at radius 2 is 2.00 bits per heavy atom. The molecule has 0 radical (unpaired) electrons. The quantitative estimate of drug-likeness (QED) is 0.457. The highest BCUT2D eigenvalue weighted by Gasteiger charge is 2.29. The number of carbonyl (C=O) groups is 1. The van der Waals surface area contributed by atoms with Crippen LogP contribution in [0.25, 0.3) is 10.4 Å². The number of methoxy groups -OCH3 is 2. The molecule has 7 nitrogen and oxygen atoms in total. The van der Waals surface area contributed by atoms with Gasteiger partial charge in [0.25, 0.3) is 0 Å². The van der Waals surface area contributed by atoms with Gasteiger partial charge < -0.3 is 14.4 Å². The van der Waals surface area contributed by atoms with Gasteiger partial charge in [-0.25, -0.2) is 0 Å². The summed E-state index contributed by atoms with van der Waals surface area (Å²) < 4.78 is 10.4. The van der Waals surface area contributed by atoms with Crippen LogP contribution in [0.15, 0.2) is 23.3 Å². The lowest BCUT2D eigenvalue weighted by molar-refractivity contribution is -0.128. The highest BCUT2D eigenvalue weighted by molar-refractivity contribution is 5.78. The minimum absolute atomic E-state index is 0.0786. The molecule has 7 heteroatoms. The third kappa shape index (κ3) is 3.79. The molecular formula is C14H18N4O3. The van der Waals surface area contributed by atoms with Gasteiger partial charge in [-0.05, 0) is 29.1 Å². The van der Waals surface area contributed by atoms with Crippen molar-refractivity contribution in [1.82, 2.24) is 4.90 Å². The Labute approximate surface area is 123 Å². The van der Waals surface area contributed by atoms with E-state index in [1.807, 2.05) is 12.1 Å². The zero-order chi connectivity index (χ0) is 15.2. The van der Waals surface area contributed by atoms with Crippen LogP contribution in [0.2, 0.25) is 0 Å². The Hall–Kier alpha value is -2.40. The van der Waals surface area contributed by atoms with Gasteiger partial charge >= 0.3 is 0 Å². The highest BCUT2D eigenvalue weighted by atomic mass is 16.5. The molecule has 0 N–H and O–H groups in total. The Bertz CT molecular complexity index is 547. The molecule has 1 unspecified atom stereocenters. The topological polar surface area (TPSA) is 87.5 Å². The number of amides is 1. The van der Waals surface area contributed by atoms with Crippen LogP contribution in [0, 0.1) is 5.92 Å². The van der Waals surface area contributed by atoms with Crippen molar-refractivity contribution < 1.29 is 14.3 Å². The first kappa shape index (κ1) is 15.0. The maximum atomic E-state index is 12.0. The van der Waals surface area contributed by atoms with Crippen molar-refractivity contribution in [1.29, 1.82) is 0 Å². The molecule has 0 saturated carbocycles. The van der Waals surface area contributed by atoms with Crippen LogP contribution in [0.4, 0.5) is 0 Å². The van der Waals surface area contributed by atoms with E-state index in [2.05, 4.69) is 10.0 Å². The lowest BCUT2D eigenvalue weighted by Crippen LogP contribution is -2.24. The number of hydrogen-bond acceptors (Lipinski definition) is 4. The van der Waals surface area contributed by atoms with Crippen molar-refractivity contribution in [2.75, 3.05) is 27.3 Å². The average molecular weight is 290 g/mol. The third-order valence-corrected chi connectivity index (χ3v) is 3.48. The van der Waals surface area contributed by atoms with Crippen molar-refractivity contribution in [3.63, 3.8) is 0 Å². The van der Waals surface area contributed by atoms with Crippen LogP contribution in [0.1, 0.15) is 12.0 Å². The van der Waals surface area contributed by atoms with Crippen LogP contribution in [0.5, 0.6) is 11.5 Å². The third-order valence-electron chi connectivity index (χ3n) is 3.48. The van der Waals surface area contributed by atoms with E-state index in [4.69, 9.17) is 15.0 Å². The van der Waals surface area contributed by atoms with Gasteiger partial charge in [-0.1, -0.05) is 5.11 Å². The molecule has 112 valence electrons. The maximum absolute atomic E-state index is 12.0. The summed E-state index contributed by atoms with van der Waals surface area (Å²) in [7, 11) is 3.19. The van der Waals surface area contributed by atoms with Crippen molar-refractivity contribution in [2.24, 2.45) is 11.0 Å². The van der Waals surface area contributed by atoms with Gasteiger partial charge in [0, 0.05) is 37.0 Å². The van der Waals surface area contributed by atoms with Crippen LogP contribution < -0.4 is 9.47 Å². The molecule has 1 atom stereocenters. The predicted octanol–water partition coefficient (Wildman–Crippen LogP) is 2.36. The van der Waals surface area contributed by atoms with Crippen LogP contribution >= 0.6 is 0 Å². The van der Waals surface area contributed by atoms with Crippen molar-refractivity contribution in [3.8, 4) is 11.5 Å². The number of rotatable bonds is 6. The molecule has 1 heterocycles. The van der Waals surface area contributed by atoms with Gasteiger partial charge in [0.2, 0.25) is 5.91 Å². The van der Waals surface area contributed by atoms with E-state index in [1.165, 1.54) is 0 Å². The maximum Gasteiger partial charge on any atom is 0.223 e. The molecule has 0 spiro atoms. The first-order valence-electron chi connectivity index (χ1n) is 6.67. The van der Waals surface area contributed by atoms with Gasteiger partial charge in [-0.15, -0.1) is 0 Å². The standard InChI is InChI=1S/C14H18N4O3/c1-20-12-3-10(4-13(6-12)21-2)8-18-9-11(5-14(18)19)7-16-17-15/h3-4,6,11H,5,7-9H2,1-2H3. The Morgan fingerprint density at radius 3 is 2.57 bits per heavy atom. The summed E-state index contributed by atoms with van der Waals surface area (Å²) in [4.78, 5) is 16.5. The minimum Gasteiger partial charge on any atom is -0.497 e. The second-order valence-electron chi connectivity index (χ2n) is 4.98. The number of hydrogen-bond donors (Lipinski definition) is 0. The summed E-state index contributed by atoms with van der Waals surface area (Å²) in [6.45, 7) is 1.47. The molecule has 0 bridgehead atoms. The fraction of sp³-hybridized carbons (Fsp3) is 0.500. The molecule has 0 aromatic heterocycles. The molecule has 1 saturated heterocycles. The first-order chi connectivity index (χ1) is 10.2. The normalized spacial score (nSPS) is 17.5. The summed E-state index contributed by atoms with van der Waals surface area (Å²) in [5.74, 6) is 1.57. The number of azide groups is 1. The number of nitrogens with zero attached hydrogens (tertiary/aromatic N) is 4. The zero-order valence-corrected chi connectivity index (χ0v) is 12.2. The molecule has 1 fully saturated rings. The van der Waals surface area contributed by atoms with Crippen LogP contribution in [-0.2, 0) is 11.3 Å². The van der Waals surface area contributed by atoms with Gasteiger partial charge in [-0.2, -0.15) is 0 Å². The number of carbonyl (C=O) groups excluding carboxylic acids is 1. The highest BCUT2D eigenvalue weighted by Crippen LogP contribution is 2.26. The second-order valence-corrected chi connectivity index (χ2v) is 4.98. The smallest absolute Gasteiger partial charge is 0.223 e. The van der Waals surface area contributed by atoms with Crippen molar-refractivity contribution >= 4 is 5.91 Å². The van der Waals surface area contributed by atoms with E-state index in [-0.39, 0.29) is 11.8 Å². The monoisotopic (exact) mass is 290 g/mol. The molecular weight excluding hydrogens is 272 g/mol. The van der Waals surface area contributed by atoms with E-state index in [9.17, 15) is 4.79 Å². The SMILES string of the molecule is COc1cc(CN2CC(CN=[N+]=[N-])CC2=O)cc(OC)c1. The summed E-state index contributed by atoms with van der Waals surface area (Å²) in [6, 6.07) is 5.56. The van der Waals surface area contributed by atoms with Crippen LogP contribution in [0.3, 0.4) is 0 Å². The van der Waals surface area contributed by atoms with E-state index < -0.39 is 0 Å². The van der Waals surface area contributed by atoms with Crippen molar-refractivity contribution in [2.45, 2.75) is 13.0 Å². The van der Waals surface area contributed by atoms with Gasteiger partial charge in [-0.3, -0.25) is 4.79 Å². The first-order valence-corrected chi connectivity index (χ1v) is 6.67. The predicted molar refractivity (Wildman–Crippen MR) is 77.1 cm³/mol. The second kappa shape index (κ2) is 6.85. The Kier molecular flexibility index (Phi) is 4.90. The fourth-order valence-electron chi connectivity index (χ4n) is 2.46. The lowest BCUT2D eigenvalue weighted by Gasteiger charge is -2.17. The largest absolute Gasteiger partial charge is 0.497 e. The van der Waals surface area contributed by atoms with E-state index in [0.717, 1.165) is 5.56 Å². The number of benzene rings is 1. The summed E-state index contributed by atoms with van der Waals surface area (Å²) in [5, 5.41) is 3.55. The zero-order valence-electron chi connectivity index (χ0n) is 12.2. The molecule has 1 amide bonds. The van der Waals surface area contributed by atoms with Gasteiger partial charge in [0.15, 0.2) is 0 Å². The summed E-state index contributed by atoms with van der Waals surface area (Å²) in [5.41, 5.74) is 9.29. The van der Waals surface area contributed by atoms with Gasteiger partial charge in [0.05, 0.1) is 14.2 Å². The lowest BCUT2D eigenvalue weighted by atomic mass is 10.1. The molecule has 1 aliphatic heterocycles. The molecule has 21 heavy (non-hydrogen) atoms. The summed E-state index contributed by atoms with van der Waals surface area (Å²) >= 11 is 0. The average Bonchev–Trinajstić information content (AvgIpc) is 2.84. The molecule has 0 aliphatic carbocycles. The van der Waals surface area contributed by atoms with Gasteiger partial charge in [0.1, 0.15) is 11.5 Å². The minimum atomic E-state index is 0.0786. The van der Waals surface area contributed by atoms with Crippen LogP contribution in [-0.4, -0.2) is 38.1 Å². The molecule has 1 aromatic rings. The Balaban J connectivity index is 2.07. The van der Waals surface area contributed by atoms with E-state index >= 15 is 0 Å². The Morgan fingerprint density at radius 1 is 1.33 bits per heavy atom. The van der Waals surface area contributed by atoms with E-state index in [0.29, 0.717) is 37.6 Å². The molecule has 1 aromatic carbocycles. The van der Waals surface area contributed by atoms with Crippen molar-refractivity contribution in [3.05, 3.63) is 34.2 Å².